The molecule has 2 N–H and O–H groups in total. The SMILES string of the molecule is Cn1c(C(=O)Nc2cc(F)c(F)c(F)c2)c2cccnc2c1S(=O)(=O)N1C2CCC1CC(O)(c1cc(-c3ccccc3)on1)C2. The van der Waals surface area contributed by atoms with Crippen molar-refractivity contribution in [2.45, 2.75) is 48.4 Å². The number of nitrogens with one attached hydrogen (secondary N) is 1. The summed E-state index contributed by atoms with van der Waals surface area (Å²) in [7, 11) is -2.91. The van der Waals surface area contributed by atoms with Crippen molar-refractivity contribution in [1.82, 2.24) is 19.0 Å². The molecule has 0 aliphatic carbocycles. The maximum absolute atomic E-state index is 14.4. The standard InChI is InChI=1S/C31H26F3N5O5S/c1-38-28(29(40)36-18-12-22(32)26(34)23(33)13-18)21-8-5-11-35-27(21)30(38)45(42,43)39-19-9-10-20(39)16-31(41,15-19)25-14-24(44-37-25)17-6-3-2-4-7-17/h2-8,11-14,19-20,41H,9-10,15-16H2,1H3,(H,36,40). The summed E-state index contributed by atoms with van der Waals surface area (Å²) in [6.45, 7) is 0. The number of halogens is 3. The maximum atomic E-state index is 14.4. The van der Waals surface area contributed by atoms with E-state index in [-0.39, 0.29) is 40.2 Å². The Morgan fingerprint density at radius 3 is 2.36 bits per heavy atom. The van der Waals surface area contributed by atoms with Gasteiger partial charge in [-0.05, 0) is 37.8 Å². The number of hydrogen-bond donors (Lipinski definition) is 2. The largest absolute Gasteiger partial charge is 0.383 e. The number of carbonyl (C=O) groups excluding carboxylic acids is 1. The lowest BCUT2D eigenvalue weighted by Crippen LogP contribution is -2.52. The first-order valence-corrected chi connectivity index (χ1v) is 15.6. The van der Waals surface area contributed by atoms with Gasteiger partial charge in [0, 0.05) is 60.2 Å². The number of rotatable bonds is 6. The van der Waals surface area contributed by atoms with Gasteiger partial charge in [-0.15, -0.1) is 0 Å². The van der Waals surface area contributed by atoms with Crippen LogP contribution in [-0.2, 0) is 22.7 Å². The molecule has 2 aliphatic heterocycles. The predicted octanol–water partition coefficient (Wildman–Crippen LogP) is 5.10. The average molecular weight is 638 g/mol. The first-order valence-electron chi connectivity index (χ1n) is 14.2. The first-order chi connectivity index (χ1) is 21.5. The van der Waals surface area contributed by atoms with E-state index in [1.165, 1.54) is 34.2 Å². The number of nitrogens with zero attached hydrogens (tertiary/aromatic N) is 4. The molecule has 232 valence electrons. The third kappa shape index (κ3) is 4.71. The second-order valence-corrected chi connectivity index (χ2v) is 13.2. The first kappa shape index (κ1) is 29.2. The average Bonchev–Trinajstić information content (AvgIpc) is 3.70. The third-order valence-electron chi connectivity index (χ3n) is 8.63. The molecule has 3 aromatic heterocycles. The van der Waals surface area contributed by atoms with Crippen molar-refractivity contribution in [3.8, 4) is 11.3 Å². The van der Waals surface area contributed by atoms with Crippen molar-refractivity contribution < 1.29 is 36.0 Å². The Bertz CT molecular complexity index is 2040. The number of amides is 1. The molecule has 2 bridgehead atoms. The van der Waals surface area contributed by atoms with Gasteiger partial charge in [0.2, 0.25) is 0 Å². The number of benzene rings is 2. The Morgan fingerprint density at radius 1 is 1.02 bits per heavy atom. The number of piperidine rings is 1. The zero-order valence-electron chi connectivity index (χ0n) is 23.7. The van der Waals surface area contributed by atoms with Crippen LogP contribution in [0.1, 0.15) is 41.9 Å². The van der Waals surface area contributed by atoms with Gasteiger partial charge in [0.25, 0.3) is 15.9 Å². The summed E-state index contributed by atoms with van der Waals surface area (Å²) in [6, 6.07) is 14.1. The lowest BCUT2D eigenvalue weighted by atomic mass is 9.84. The molecule has 5 aromatic rings. The molecule has 2 aromatic carbocycles. The molecule has 14 heteroatoms. The number of pyridine rings is 1. The van der Waals surface area contributed by atoms with Crippen LogP contribution >= 0.6 is 0 Å². The van der Waals surface area contributed by atoms with E-state index in [0.29, 0.717) is 36.4 Å². The van der Waals surface area contributed by atoms with Crippen LogP contribution in [0.5, 0.6) is 0 Å². The van der Waals surface area contributed by atoms with Gasteiger partial charge in [0.1, 0.15) is 22.5 Å². The normalized spacial score (nSPS) is 21.8. The maximum Gasteiger partial charge on any atom is 0.273 e. The Kier molecular flexibility index (Phi) is 6.83. The molecule has 2 atom stereocenters. The van der Waals surface area contributed by atoms with Crippen molar-refractivity contribution in [2.75, 3.05) is 5.32 Å². The molecule has 10 nitrogen and oxygen atoms in total. The highest BCUT2D eigenvalue weighted by molar-refractivity contribution is 7.89. The molecule has 0 saturated carbocycles. The van der Waals surface area contributed by atoms with Crippen LogP contribution in [-0.4, -0.2) is 50.5 Å². The molecule has 1 amide bonds. The predicted molar refractivity (Wildman–Crippen MR) is 156 cm³/mol. The molecule has 2 fully saturated rings. The highest BCUT2D eigenvalue weighted by Crippen LogP contribution is 2.48. The fourth-order valence-corrected chi connectivity index (χ4v) is 8.90. The minimum Gasteiger partial charge on any atom is -0.383 e. The summed E-state index contributed by atoms with van der Waals surface area (Å²) < 4.78 is 78.0. The van der Waals surface area contributed by atoms with Crippen LogP contribution in [0.2, 0.25) is 0 Å². The van der Waals surface area contributed by atoms with Crippen molar-refractivity contribution in [3.05, 3.63) is 95.7 Å². The Morgan fingerprint density at radius 2 is 1.69 bits per heavy atom. The van der Waals surface area contributed by atoms with Gasteiger partial charge in [-0.1, -0.05) is 35.5 Å². The number of hydrogen-bond acceptors (Lipinski definition) is 7. The number of aromatic nitrogens is 3. The van der Waals surface area contributed by atoms with Crippen LogP contribution in [0.4, 0.5) is 18.9 Å². The van der Waals surface area contributed by atoms with Gasteiger partial charge in [-0.3, -0.25) is 9.78 Å². The van der Waals surface area contributed by atoms with Crippen molar-refractivity contribution in [3.63, 3.8) is 0 Å². The van der Waals surface area contributed by atoms with Gasteiger partial charge in [0.05, 0.1) is 0 Å². The second kappa shape index (κ2) is 10.5. The molecule has 7 rings (SSSR count). The lowest BCUT2D eigenvalue weighted by Gasteiger charge is -2.41. The monoisotopic (exact) mass is 637 g/mol. The van der Waals surface area contributed by atoms with Gasteiger partial charge < -0.3 is 19.5 Å². The van der Waals surface area contributed by atoms with E-state index in [1.807, 2.05) is 30.3 Å². The van der Waals surface area contributed by atoms with E-state index >= 15 is 0 Å². The quantitative estimate of drug-likeness (QED) is 0.248. The number of aliphatic hydroxyl groups is 1. The van der Waals surface area contributed by atoms with Crippen LogP contribution in [0.3, 0.4) is 0 Å². The van der Waals surface area contributed by atoms with Crippen LogP contribution in [0.15, 0.2) is 76.4 Å². The van der Waals surface area contributed by atoms with Gasteiger partial charge in [0.15, 0.2) is 28.2 Å². The molecule has 5 heterocycles. The number of fused-ring (bicyclic) bond motifs is 3. The molecular formula is C31H26F3N5O5S. The molecule has 0 spiro atoms. The summed E-state index contributed by atoms with van der Waals surface area (Å²) in [6.07, 6.45) is 2.55. The molecular weight excluding hydrogens is 611 g/mol. The summed E-state index contributed by atoms with van der Waals surface area (Å²) in [5.41, 5.74) is -0.747. The van der Waals surface area contributed by atoms with Crippen LogP contribution < -0.4 is 5.32 Å². The molecule has 0 radical (unpaired) electrons. The third-order valence-corrected chi connectivity index (χ3v) is 10.7. The van der Waals surface area contributed by atoms with Gasteiger partial charge in [-0.25, -0.2) is 21.6 Å². The van der Waals surface area contributed by atoms with Crippen LogP contribution in [0, 0.1) is 17.5 Å². The molecule has 2 unspecified atom stereocenters. The van der Waals surface area contributed by atoms with Crippen molar-refractivity contribution in [1.29, 1.82) is 0 Å². The smallest absolute Gasteiger partial charge is 0.273 e. The van der Waals surface area contributed by atoms with Gasteiger partial charge >= 0.3 is 0 Å². The Balaban J connectivity index is 1.22. The van der Waals surface area contributed by atoms with E-state index in [2.05, 4.69) is 15.5 Å². The van der Waals surface area contributed by atoms with E-state index in [0.717, 1.165) is 5.56 Å². The molecule has 45 heavy (non-hydrogen) atoms. The zero-order valence-corrected chi connectivity index (χ0v) is 24.6. The van der Waals surface area contributed by atoms with E-state index in [1.54, 1.807) is 6.07 Å². The Labute approximate surface area is 255 Å². The summed E-state index contributed by atoms with van der Waals surface area (Å²) in [5.74, 6) is -5.06. The minimum atomic E-state index is -4.30. The van der Waals surface area contributed by atoms with Crippen LogP contribution in [0.25, 0.3) is 22.2 Å². The topological polar surface area (TPSA) is 131 Å². The molecule has 2 saturated heterocycles. The van der Waals surface area contributed by atoms with E-state index < -0.39 is 51.1 Å². The summed E-state index contributed by atoms with van der Waals surface area (Å²) in [4.78, 5) is 17.7. The van der Waals surface area contributed by atoms with Gasteiger partial charge in [-0.2, -0.15) is 4.31 Å². The van der Waals surface area contributed by atoms with E-state index in [9.17, 15) is 31.5 Å². The number of sulfonamides is 1. The zero-order chi connectivity index (χ0) is 31.7. The minimum absolute atomic E-state index is 0.0332. The van der Waals surface area contributed by atoms with Crippen molar-refractivity contribution in [2.24, 2.45) is 7.05 Å². The lowest BCUT2D eigenvalue weighted by molar-refractivity contribution is -0.0393. The summed E-state index contributed by atoms with van der Waals surface area (Å²) in [5, 5.41) is 18.2. The van der Waals surface area contributed by atoms with E-state index in [4.69, 9.17) is 4.52 Å². The highest BCUT2D eigenvalue weighted by Gasteiger charge is 2.54. The number of carbonyl (C=O) groups is 1. The fraction of sp³-hybridized carbons (Fsp3) is 0.258. The molecule has 2 aliphatic rings. The Hall–Kier alpha value is -4.53. The highest BCUT2D eigenvalue weighted by atomic mass is 32.2. The number of anilines is 1. The second-order valence-electron chi connectivity index (χ2n) is 11.4. The fourth-order valence-electron chi connectivity index (χ4n) is 6.71. The van der Waals surface area contributed by atoms with Crippen molar-refractivity contribution >= 4 is 32.5 Å². The summed E-state index contributed by atoms with van der Waals surface area (Å²) >= 11 is 0.